The Bertz CT molecular complexity index is 1600. The number of carbonyl (C=O) groups excluding carboxylic acids is 1. The Balaban J connectivity index is 1.53. The van der Waals surface area contributed by atoms with Crippen LogP contribution in [0.25, 0.3) is 16.7 Å². The highest BCUT2D eigenvalue weighted by Gasteiger charge is 2.31. The molecule has 0 atom stereocenters. The molecule has 0 saturated heterocycles. The zero-order chi connectivity index (χ0) is 27.0. The fourth-order valence-electron chi connectivity index (χ4n) is 4.08. The average Bonchev–Trinajstić information content (AvgIpc) is 3.71. The molecule has 12 heteroatoms. The van der Waals surface area contributed by atoms with Crippen LogP contribution in [0.15, 0.2) is 53.5 Å². The first kappa shape index (κ1) is 25.2. The van der Waals surface area contributed by atoms with Gasteiger partial charge in [-0.05, 0) is 43.5 Å². The van der Waals surface area contributed by atoms with Crippen LogP contribution in [0.3, 0.4) is 0 Å². The maximum absolute atomic E-state index is 13.2. The van der Waals surface area contributed by atoms with E-state index in [0.717, 1.165) is 31.0 Å². The summed E-state index contributed by atoms with van der Waals surface area (Å²) < 4.78 is 46.0. The van der Waals surface area contributed by atoms with Gasteiger partial charge in [-0.25, -0.2) is 9.78 Å². The molecule has 4 aromatic rings. The van der Waals surface area contributed by atoms with Gasteiger partial charge in [-0.2, -0.15) is 23.1 Å². The molecule has 0 radical (unpaired) electrons. The number of aromatic nitrogens is 4. The van der Waals surface area contributed by atoms with Gasteiger partial charge in [-0.1, -0.05) is 13.0 Å². The minimum atomic E-state index is -4.58. The first-order chi connectivity index (χ1) is 18.2. The number of hydrogen-bond acceptors (Lipinski definition) is 7. The molecular weight excluding hydrogens is 501 g/mol. The summed E-state index contributed by atoms with van der Waals surface area (Å²) in [6.07, 6.45) is -0.446. The maximum atomic E-state index is 13.2. The molecule has 9 nitrogen and oxygen atoms in total. The van der Waals surface area contributed by atoms with E-state index in [1.54, 1.807) is 12.3 Å². The lowest BCUT2D eigenvalue weighted by molar-refractivity contribution is -0.137. The van der Waals surface area contributed by atoms with Gasteiger partial charge in [0.1, 0.15) is 5.75 Å². The number of nitrogens with one attached hydrogen (secondary N) is 2. The average molecular weight is 525 g/mol. The Morgan fingerprint density at radius 1 is 1.16 bits per heavy atom. The van der Waals surface area contributed by atoms with Gasteiger partial charge >= 0.3 is 11.9 Å². The second-order valence-electron chi connectivity index (χ2n) is 8.83. The van der Waals surface area contributed by atoms with E-state index < -0.39 is 23.3 Å². The minimum Gasteiger partial charge on any atom is -0.497 e. The third-order valence-corrected chi connectivity index (χ3v) is 6.08. The van der Waals surface area contributed by atoms with Crippen LogP contribution in [0, 0.1) is 0 Å². The highest BCUT2D eigenvalue weighted by molar-refractivity contribution is 6.04. The smallest absolute Gasteiger partial charge is 0.416 e. The zero-order valence-corrected chi connectivity index (χ0v) is 20.5. The van der Waals surface area contributed by atoms with Crippen molar-refractivity contribution in [2.45, 2.75) is 38.4 Å². The number of ether oxygens (including phenoxy) is 1. The lowest BCUT2D eigenvalue weighted by Gasteiger charge is -2.16. The second kappa shape index (κ2) is 9.77. The van der Waals surface area contributed by atoms with Crippen LogP contribution in [0.4, 0.5) is 24.8 Å². The number of aryl methyl sites for hydroxylation is 1. The summed E-state index contributed by atoms with van der Waals surface area (Å²) in [5.74, 6) is -0.0251. The van der Waals surface area contributed by atoms with Gasteiger partial charge in [-0.3, -0.25) is 9.36 Å². The van der Waals surface area contributed by atoms with Gasteiger partial charge in [-0.15, -0.1) is 0 Å². The lowest BCUT2D eigenvalue weighted by Crippen LogP contribution is -2.26. The van der Waals surface area contributed by atoms with Gasteiger partial charge in [0.25, 0.3) is 5.91 Å². The summed E-state index contributed by atoms with van der Waals surface area (Å²) in [4.78, 5) is 38.9. The standard InChI is InChI=1S/C26H23F3N6O3/c1-3-21-20-13-30-24(32-16-7-8-16)33-22(20)34-25(37)35(21)18-10-17(11-19(12-18)38-2)31-23(36)14-5-4-6-15(9-14)26(27,28)29/h4-6,9-13,16H,3,7-8H2,1-2H3,(H,31,36)(H,32,33,34,37). The van der Waals surface area contributed by atoms with Gasteiger partial charge in [0, 0.05) is 41.3 Å². The van der Waals surface area contributed by atoms with E-state index in [4.69, 9.17) is 4.74 Å². The predicted molar refractivity (Wildman–Crippen MR) is 135 cm³/mol. The molecule has 0 bridgehead atoms. The van der Waals surface area contributed by atoms with E-state index in [-0.39, 0.29) is 16.9 Å². The van der Waals surface area contributed by atoms with Crippen molar-refractivity contribution >= 4 is 28.6 Å². The maximum Gasteiger partial charge on any atom is 0.416 e. The molecular formula is C26H23F3N6O3. The van der Waals surface area contributed by atoms with Crippen molar-refractivity contribution in [1.29, 1.82) is 0 Å². The summed E-state index contributed by atoms with van der Waals surface area (Å²) in [6.45, 7) is 1.87. The molecule has 0 unspecified atom stereocenters. The monoisotopic (exact) mass is 524 g/mol. The number of rotatable bonds is 7. The Labute approximate surface area is 214 Å². The first-order valence-electron chi connectivity index (χ1n) is 11.9. The molecule has 2 aromatic carbocycles. The number of benzene rings is 2. The highest BCUT2D eigenvalue weighted by atomic mass is 19.4. The van der Waals surface area contributed by atoms with Crippen molar-refractivity contribution in [2.75, 3.05) is 17.7 Å². The van der Waals surface area contributed by atoms with E-state index in [0.29, 0.717) is 40.9 Å². The summed E-state index contributed by atoms with van der Waals surface area (Å²) in [6, 6.07) is 9.06. The summed E-state index contributed by atoms with van der Waals surface area (Å²) in [5, 5.41) is 6.37. The Kier molecular flexibility index (Phi) is 6.47. The molecule has 1 aliphatic carbocycles. The fourth-order valence-corrected chi connectivity index (χ4v) is 4.08. The second-order valence-corrected chi connectivity index (χ2v) is 8.83. The number of hydrogen-bond donors (Lipinski definition) is 2. The number of amides is 1. The normalized spacial score (nSPS) is 13.4. The molecule has 2 aromatic heterocycles. The number of halogens is 3. The molecule has 0 aliphatic heterocycles. The van der Waals surface area contributed by atoms with E-state index in [1.807, 2.05) is 6.92 Å². The van der Waals surface area contributed by atoms with E-state index in [9.17, 15) is 22.8 Å². The van der Waals surface area contributed by atoms with E-state index in [2.05, 4.69) is 25.6 Å². The number of nitrogens with zero attached hydrogens (tertiary/aromatic N) is 4. The SMILES string of the molecule is CCc1c2cnc(NC3CC3)nc2nc(=O)n1-c1cc(NC(=O)c2cccc(C(F)(F)F)c2)cc(OC)c1. The zero-order valence-electron chi connectivity index (χ0n) is 20.5. The molecule has 2 N–H and O–H groups in total. The van der Waals surface area contributed by atoms with Crippen LogP contribution in [0.5, 0.6) is 5.75 Å². The number of methoxy groups -OCH3 is 1. The third kappa shape index (κ3) is 5.15. The Hall–Kier alpha value is -4.48. The number of alkyl halides is 3. The van der Waals surface area contributed by atoms with Gasteiger partial charge in [0.2, 0.25) is 5.95 Å². The van der Waals surface area contributed by atoms with Gasteiger partial charge in [0.05, 0.1) is 23.7 Å². The fraction of sp³-hybridized carbons (Fsp3) is 0.269. The highest BCUT2D eigenvalue weighted by Crippen LogP contribution is 2.30. The van der Waals surface area contributed by atoms with Crippen LogP contribution < -0.4 is 21.1 Å². The van der Waals surface area contributed by atoms with Crippen LogP contribution in [0.1, 0.15) is 41.4 Å². The molecule has 5 rings (SSSR count). The minimum absolute atomic E-state index is 0.171. The number of fused-ring (bicyclic) bond motifs is 1. The quantitative estimate of drug-likeness (QED) is 0.364. The van der Waals surface area contributed by atoms with E-state index >= 15 is 0 Å². The summed E-state index contributed by atoms with van der Waals surface area (Å²) >= 11 is 0. The first-order valence-corrected chi connectivity index (χ1v) is 11.9. The van der Waals surface area contributed by atoms with Gasteiger partial charge in [0.15, 0.2) is 5.65 Å². The van der Waals surface area contributed by atoms with Crippen molar-refractivity contribution in [1.82, 2.24) is 19.5 Å². The topological polar surface area (TPSA) is 111 Å². The van der Waals surface area contributed by atoms with Crippen LogP contribution >= 0.6 is 0 Å². The van der Waals surface area contributed by atoms with Crippen molar-refractivity contribution in [3.63, 3.8) is 0 Å². The summed E-state index contributed by atoms with van der Waals surface area (Å²) in [5.41, 5.74) is -0.264. The van der Waals surface area contributed by atoms with Gasteiger partial charge < -0.3 is 15.4 Å². The Morgan fingerprint density at radius 2 is 1.95 bits per heavy atom. The van der Waals surface area contributed by atoms with Crippen molar-refractivity contribution < 1.29 is 22.7 Å². The molecule has 38 heavy (non-hydrogen) atoms. The third-order valence-electron chi connectivity index (χ3n) is 6.08. The lowest BCUT2D eigenvalue weighted by atomic mass is 10.1. The van der Waals surface area contributed by atoms with Crippen LogP contribution in [-0.4, -0.2) is 38.6 Å². The molecule has 1 amide bonds. The van der Waals surface area contributed by atoms with Crippen molar-refractivity contribution in [3.8, 4) is 11.4 Å². The Morgan fingerprint density at radius 3 is 2.63 bits per heavy atom. The van der Waals surface area contributed by atoms with E-state index in [1.165, 1.54) is 29.9 Å². The number of carbonyl (C=O) groups is 1. The molecule has 196 valence electrons. The summed E-state index contributed by atoms with van der Waals surface area (Å²) in [7, 11) is 1.42. The largest absolute Gasteiger partial charge is 0.497 e. The molecule has 1 fully saturated rings. The molecule has 0 spiro atoms. The predicted octanol–water partition coefficient (Wildman–Crippen LogP) is 4.59. The van der Waals surface area contributed by atoms with Crippen molar-refractivity contribution in [2.24, 2.45) is 0 Å². The molecule has 1 saturated carbocycles. The van der Waals surface area contributed by atoms with Crippen molar-refractivity contribution in [3.05, 3.63) is 76.0 Å². The number of anilines is 2. The van der Waals surface area contributed by atoms with Crippen LogP contribution in [0.2, 0.25) is 0 Å². The molecule has 2 heterocycles. The molecule has 1 aliphatic rings. The van der Waals surface area contributed by atoms with Crippen LogP contribution in [-0.2, 0) is 12.6 Å².